The Kier molecular flexibility index (Phi) is 3.12. The number of rotatable bonds is 1. The highest BCUT2D eigenvalue weighted by molar-refractivity contribution is 6.02. The maximum absolute atomic E-state index is 9.53. The van der Waals surface area contributed by atoms with Crippen LogP contribution in [0.15, 0.2) is 54.6 Å². The van der Waals surface area contributed by atoms with Crippen molar-refractivity contribution in [3.63, 3.8) is 0 Å². The molecule has 3 aromatic rings. The molecular formula is C16H16O. The number of aliphatic hydroxyl groups is 1. The lowest BCUT2D eigenvalue weighted by molar-refractivity contribution is 0.285. The lowest BCUT2D eigenvalue weighted by Gasteiger charge is -2.08. The third-order valence-corrected chi connectivity index (χ3v) is 3.04. The summed E-state index contributed by atoms with van der Waals surface area (Å²) in [6.07, 6.45) is 0. The third kappa shape index (κ3) is 1.79. The van der Waals surface area contributed by atoms with Gasteiger partial charge in [0.25, 0.3) is 0 Å². The van der Waals surface area contributed by atoms with E-state index in [1.165, 1.54) is 10.8 Å². The average Bonchev–Trinajstić information content (AvgIpc) is 2.36. The summed E-state index contributed by atoms with van der Waals surface area (Å²) in [6.45, 7) is 0.0852. The van der Waals surface area contributed by atoms with Crippen molar-refractivity contribution in [2.75, 3.05) is 0 Å². The highest BCUT2D eigenvalue weighted by atomic mass is 16.3. The smallest absolute Gasteiger partial charge is 0.0693 e. The molecule has 1 nitrogen and oxygen atoms in total. The van der Waals surface area contributed by atoms with Crippen LogP contribution in [0.5, 0.6) is 0 Å². The molecule has 1 heteroatoms. The van der Waals surface area contributed by atoms with Crippen LogP contribution in [0, 0.1) is 0 Å². The normalized spacial score (nSPS) is 10.4. The molecule has 0 heterocycles. The van der Waals surface area contributed by atoms with Crippen molar-refractivity contribution >= 4 is 21.5 Å². The van der Waals surface area contributed by atoms with E-state index in [1.807, 2.05) is 24.3 Å². The summed E-state index contributed by atoms with van der Waals surface area (Å²) in [6, 6.07) is 18.5. The summed E-state index contributed by atoms with van der Waals surface area (Å²) in [7, 11) is 0. The van der Waals surface area contributed by atoms with Gasteiger partial charge in [-0.2, -0.15) is 0 Å². The van der Waals surface area contributed by atoms with Crippen LogP contribution < -0.4 is 0 Å². The molecule has 1 N–H and O–H groups in total. The lowest BCUT2D eigenvalue weighted by atomic mass is 9.97. The van der Waals surface area contributed by atoms with Gasteiger partial charge in [0.15, 0.2) is 0 Å². The maximum atomic E-state index is 9.53. The van der Waals surface area contributed by atoms with E-state index in [1.54, 1.807) is 0 Å². The molecule has 0 saturated heterocycles. The van der Waals surface area contributed by atoms with Gasteiger partial charge < -0.3 is 5.11 Å². The Bertz CT molecular complexity index is 602. The first-order valence-corrected chi connectivity index (χ1v) is 5.40. The number of aliphatic hydroxyl groups excluding tert-OH is 1. The molecule has 0 aliphatic carbocycles. The van der Waals surface area contributed by atoms with Gasteiger partial charge in [0.2, 0.25) is 0 Å². The van der Waals surface area contributed by atoms with Crippen LogP contribution >= 0.6 is 0 Å². The van der Waals surface area contributed by atoms with E-state index in [0.717, 1.165) is 16.3 Å². The Morgan fingerprint density at radius 3 is 1.71 bits per heavy atom. The molecule has 3 aromatic carbocycles. The van der Waals surface area contributed by atoms with E-state index in [-0.39, 0.29) is 14.0 Å². The molecule has 17 heavy (non-hydrogen) atoms. The SMILES string of the molecule is C.OCc1c2ccccc2cc2ccccc12. The number of fused-ring (bicyclic) bond motifs is 2. The first-order valence-electron chi connectivity index (χ1n) is 5.40. The van der Waals surface area contributed by atoms with E-state index >= 15 is 0 Å². The number of hydrogen-bond acceptors (Lipinski definition) is 1. The Hall–Kier alpha value is -1.86. The van der Waals surface area contributed by atoms with Crippen molar-refractivity contribution in [1.29, 1.82) is 0 Å². The molecule has 0 aromatic heterocycles. The highest BCUT2D eigenvalue weighted by Crippen LogP contribution is 2.28. The maximum Gasteiger partial charge on any atom is 0.0693 e. The van der Waals surface area contributed by atoms with Crippen LogP contribution in [-0.4, -0.2) is 5.11 Å². The molecule has 0 radical (unpaired) electrons. The fourth-order valence-electron chi connectivity index (χ4n) is 2.28. The van der Waals surface area contributed by atoms with E-state index in [2.05, 4.69) is 30.3 Å². The minimum atomic E-state index is 0. The fraction of sp³-hybridized carbons (Fsp3) is 0.125. The van der Waals surface area contributed by atoms with Crippen molar-refractivity contribution in [2.24, 2.45) is 0 Å². The van der Waals surface area contributed by atoms with Gasteiger partial charge in [-0.15, -0.1) is 0 Å². The zero-order valence-electron chi connectivity index (χ0n) is 8.85. The van der Waals surface area contributed by atoms with Gasteiger partial charge in [0, 0.05) is 0 Å². The van der Waals surface area contributed by atoms with Gasteiger partial charge in [-0.25, -0.2) is 0 Å². The van der Waals surface area contributed by atoms with Crippen molar-refractivity contribution in [3.8, 4) is 0 Å². The Morgan fingerprint density at radius 1 is 0.765 bits per heavy atom. The molecule has 86 valence electrons. The standard InChI is InChI=1S/C15H12O.CH4/c16-10-15-13-7-3-1-5-11(13)9-12-6-2-4-8-14(12)15;/h1-9,16H,10H2;1H4. The van der Waals surface area contributed by atoms with Crippen LogP contribution in [0.25, 0.3) is 21.5 Å². The Labute approximate surface area is 101 Å². The lowest BCUT2D eigenvalue weighted by Crippen LogP contribution is -1.88. The predicted octanol–water partition coefficient (Wildman–Crippen LogP) is 4.12. The van der Waals surface area contributed by atoms with E-state index in [4.69, 9.17) is 0 Å². The van der Waals surface area contributed by atoms with Crippen molar-refractivity contribution in [1.82, 2.24) is 0 Å². The molecule has 0 amide bonds. The molecule has 0 fully saturated rings. The van der Waals surface area contributed by atoms with Gasteiger partial charge in [-0.3, -0.25) is 0 Å². The molecule has 0 atom stereocenters. The molecule has 0 bridgehead atoms. The first kappa shape index (κ1) is 11.6. The van der Waals surface area contributed by atoms with Gasteiger partial charge in [0.05, 0.1) is 6.61 Å². The van der Waals surface area contributed by atoms with Crippen LogP contribution in [0.3, 0.4) is 0 Å². The first-order chi connectivity index (χ1) is 7.90. The minimum Gasteiger partial charge on any atom is -0.392 e. The summed E-state index contributed by atoms with van der Waals surface area (Å²) in [5.74, 6) is 0. The monoisotopic (exact) mass is 224 g/mol. The van der Waals surface area contributed by atoms with Gasteiger partial charge in [-0.05, 0) is 33.2 Å². The Balaban J connectivity index is 0.00000108. The summed E-state index contributed by atoms with van der Waals surface area (Å²) < 4.78 is 0. The van der Waals surface area contributed by atoms with Gasteiger partial charge >= 0.3 is 0 Å². The number of benzene rings is 3. The zero-order valence-corrected chi connectivity index (χ0v) is 8.85. The van der Waals surface area contributed by atoms with E-state index in [0.29, 0.717) is 0 Å². The van der Waals surface area contributed by atoms with Crippen LogP contribution in [0.4, 0.5) is 0 Å². The molecule has 0 aliphatic rings. The average molecular weight is 224 g/mol. The second-order valence-corrected chi connectivity index (χ2v) is 3.96. The molecule has 0 aliphatic heterocycles. The van der Waals surface area contributed by atoms with E-state index < -0.39 is 0 Å². The predicted molar refractivity (Wildman–Crippen MR) is 74.1 cm³/mol. The van der Waals surface area contributed by atoms with E-state index in [9.17, 15) is 5.11 Å². The number of hydrogen-bond donors (Lipinski definition) is 1. The second-order valence-electron chi connectivity index (χ2n) is 3.96. The highest BCUT2D eigenvalue weighted by Gasteiger charge is 2.05. The summed E-state index contributed by atoms with van der Waals surface area (Å²) >= 11 is 0. The third-order valence-electron chi connectivity index (χ3n) is 3.04. The van der Waals surface area contributed by atoms with Crippen molar-refractivity contribution in [3.05, 3.63) is 60.2 Å². The molecule has 0 unspecified atom stereocenters. The summed E-state index contributed by atoms with van der Waals surface area (Å²) in [5, 5.41) is 14.2. The summed E-state index contributed by atoms with van der Waals surface area (Å²) in [4.78, 5) is 0. The largest absolute Gasteiger partial charge is 0.392 e. The van der Waals surface area contributed by atoms with Crippen molar-refractivity contribution < 1.29 is 5.11 Å². The Morgan fingerprint density at radius 2 is 1.24 bits per heavy atom. The van der Waals surface area contributed by atoms with Crippen molar-refractivity contribution in [2.45, 2.75) is 14.0 Å². The second kappa shape index (κ2) is 4.56. The molecule has 0 spiro atoms. The van der Waals surface area contributed by atoms with Crippen LogP contribution in [0.1, 0.15) is 13.0 Å². The molecular weight excluding hydrogens is 208 g/mol. The van der Waals surface area contributed by atoms with Crippen LogP contribution in [0.2, 0.25) is 0 Å². The molecule has 0 saturated carbocycles. The van der Waals surface area contributed by atoms with Crippen LogP contribution in [-0.2, 0) is 6.61 Å². The fourth-order valence-corrected chi connectivity index (χ4v) is 2.28. The van der Waals surface area contributed by atoms with Gasteiger partial charge in [-0.1, -0.05) is 56.0 Å². The van der Waals surface area contributed by atoms with Gasteiger partial charge in [0.1, 0.15) is 0 Å². The molecule has 3 rings (SSSR count). The zero-order chi connectivity index (χ0) is 11.0. The topological polar surface area (TPSA) is 20.2 Å². The minimum absolute atomic E-state index is 0. The summed E-state index contributed by atoms with van der Waals surface area (Å²) in [5.41, 5.74) is 1.02. The quantitative estimate of drug-likeness (QED) is 0.616.